The van der Waals surface area contributed by atoms with Gasteiger partial charge < -0.3 is 10.1 Å². The number of hydrogen-bond acceptors (Lipinski definition) is 5. The predicted octanol–water partition coefficient (Wildman–Crippen LogP) is 3.90. The van der Waals surface area contributed by atoms with Crippen LogP contribution in [0.15, 0.2) is 70.9 Å². The maximum atomic E-state index is 12.9. The third-order valence-electron chi connectivity index (χ3n) is 4.25. The lowest BCUT2D eigenvalue weighted by Crippen LogP contribution is -2.29. The molecule has 0 aliphatic heterocycles. The summed E-state index contributed by atoms with van der Waals surface area (Å²) in [6, 6.07) is 17.3. The summed E-state index contributed by atoms with van der Waals surface area (Å²) in [5, 5.41) is 4.56. The molecular formula is C21H22N2O4S2. The average molecular weight is 431 g/mol. The van der Waals surface area contributed by atoms with Crippen LogP contribution in [-0.2, 0) is 16.6 Å². The minimum atomic E-state index is -3.75. The van der Waals surface area contributed by atoms with E-state index in [0.717, 1.165) is 15.6 Å². The molecule has 0 fully saturated rings. The Labute approximate surface area is 174 Å². The lowest BCUT2D eigenvalue weighted by molar-refractivity contribution is 0.0955. The molecule has 152 valence electrons. The van der Waals surface area contributed by atoms with Crippen LogP contribution in [0.2, 0.25) is 0 Å². The standard InChI is InChI=1S/C21H22N2O4S2/c1-3-27-17-9-7-8-16(14-17)15-22-21(24)20-19(12-13-28-20)23(2)29(25,26)18-10-5-4-6-11-18/h4-14H,3,15H2,1-2H3,(H,22,24). The van der Waals surface area contributed by atoms with Crippen molar-refractivity contribution in [2.45, 2.75) is 18.4 Å². The van der Waals surface area contributed by atoms with E-state index in [2.05, 4.69) is 5.32 Å². The predicted molar refractivity (Wildman–Crippen MR) is 115 cm³/mol. The van der Waals surface area contributed by atoms with E-state index in [9.17, 15) is 13.2 Å². The molecule has 29 heavy (non-hydrogen) atoms. The van der Waals surface area contributed by atoms with Gasteiger partial charge in [-0.2, -0.15) is 0 Å². The SMILES string of the molecule is CCOc1cccc(CNC(=O)c2sccc2N(C)S(=O)(=O)c2ccccc2)c1. The molecule has 1 amide bonds. The zero-order valence-electron chi connectivity index (χ0n) is 16.2. The molecule has 0 aliphatic carbocycles. The van der Waals surface area contributed by atoms with Crippen LogP contribution in [0, 0.1) is 0 Å². The number of thiophene rings is 1. The maximum Gasteiger partial charge on any atom is 0.264 e. The van der Waals surface area contributed by atoms with Gasteiger partial charge in [0.15, 0.2) is 0 Å². The van der Waals surface area contributed by atoms with E-state index in [1.807, 2.05) is 31.2 Å². The molecule has 0 radical (unpaired) electrons. The van der Waals surface area contributed by atoms with E-state index in [-0.39, 0.29) is 10.8 Å². The Balaban J connectivity index is 1.75. The fourth-order valence-electron chi connectivity index (χ4n) is 2.77. The molecule has 0 spiro atoms. The van der Waals surface area contributed by atoms with Crippen molar-refractivity contribution < 1.29 is 17.9 Å². The zero-order chi connectivity index (χ0) is 20.9. The van der Waals surface area contributed by atoms with Crippen molar-refractivity contribution in [3.8, 4) is 5.75 Å². The molecule has 0 saturated carbocycles. The average Bonchev–Trinajstić information content (AvgIpc) is 3.22. The lowest BCUT2D eigenvalue weighted by Gasteiger charge is -2.19. The van der Waals surface area contributed by atoms with Gasteiger partial charge in [-0.15, -0.1) is 11.3 Å². The van der Waals surface area contributed by atoms with E-state index in [4.69, 9.17) is 4.74 Å². The Bertz CT molecular complexity index is 1080. The van der Waals surface area contributed by atoms with Crippen molar-refractivity contribution in [1.29, 1.82) is 0 Å². The number of rotatable bonds is 8. The molecule has 0 bridgehead atoms. The first kappa shape index (κ1) is 20.9. The Hall–Kier alpha value is -2.84. The van der Waals surface area contributed by atoms with Gasteiger partial charge in [0, 0.05) is 13.6 Å². The number of nitrogens with zero attached hydrogens (tertiary/aromatic N) is 1. The summed E-state index contributed by atoms with van der Waals surface area (Å²) in [6.07, 6.45) is 0. The first-order valence-electron chi connectivity index (χ1n) is 9.05. The molecule has 8 heteroatoms. The largest absolute Gasteiger partial charge is 0.494 e. The van der Waals surface area contributed by atoms with Crippen LogP contribution in [0.5, 0.6) is 5.75 Å². The molecule has 1 aromatic heterocycles. The highest BCUT2D eigenvalue weighted by molar-refractivity contribution is 7.92. The molecule has 0 aliphatic rings. The highest BCUT2D eigenvalue weighted by Crippen LogP contribution is 2.29. The second-order valence-corrected chi connectivity index (χ2v) is 9.07. The molecular weight excluding hydrogens is 408 g/mol. The topological polar surface area (TPSA) is 75.7 Å². The number of carbonyl (C=O) groups excluding carboxylic acids is 1. The van der Waals surface area contributed by atoms with E-state index in [1.165, 1.54) is 30.5 Å². The number of anilines is 1. The van der Waals surface area contributed by atoms with Crippen LogP contribution in [0.4, 0.5) is 5.69 Å². The van der Waals surface area contributed by atoms with Gasteiger partial charge in [-0.25, -0.2) is 8.42 Å². The fraction of sp³-hybridized carbons (Fsp3) is 0.190. The number of benzene rings is 2. The molecule has 6 nitrogen and oxygen atoms in total. The third kappa shape index (κ3) is 4.78. The number of hydrogen-bond donors (Lipinski definition) is 1. The Morgan fingerprint density at radius 3 is 2.59 bits per heavy atom. The molecule has 1 heterocycles. The van der Waals surface area contributed by atoms with E-state index in [1.54, 1.807) is 29.6 Å². The highest BCUT2D eigenvalue weighted by Gasteiger charge is 2.26. The second kappa shape index (κ2) is 9.11. The zero-order valence-corrected chi connectivity index (χ0v) is 17.8. The van der Waals surface area contributed by atoms with E-state index in [0.29, 0.717) is 23.7 Å². The summed E-state index contributed by atoms with van der Waals surface area (Å²) in [4.78, 5) is 13.2. The summed E-state index contributed by atoms with van der Waals surface area (Å²) < 4.78 is 32.4. The maximum absolute atomic E-state index is 12.9. The van der Waals surface area contributed by atoms with Gasteiger partial charge in [0.1, 0.15) is 10.6 Å². The van der Waals surface area contributed by atoms with Gasteiger partial charge in [-0.05, 0) is 48.2 Å². The van der Waals surface area contributed by atoms with E-state index < -0.39 is 10.0 Å². The summed E-state index contributed by atoms with van der Waals surface area (Å²) in [5.41, 5.74) is 1.24. The van der Waals surface area contributed by atoms with Crippen LogP contribution in [0.1, 0.15) is 22.2 Å². The Kier molecular flexibility index (Phi) is 6.56. The van der Waals surface area contributed by atoms with Gasteiger partial charge in [0.2, 0.25) is 0 Å². The van der Waals surface area contributed by atoms with Gasteiger partial charge in [-0.3, -0.25) is 9.10 Å². The van der Waals surface area contributed by atoms with Gasteiger partial charge in [-0.1, -0.05) is 30.3 Å². The Morgan fingerprint density at radius 2 is 1.86 bits per heavy atom. The van der Waals surface area contributed by atoms with Crippen LogP contribution in [0.25, 0.3) is 0 Å². The van der Waals surface area contributed by atoms with Crippen molar-refractivity contribution in [1.82, 2.24) is 5.32 Å². The van der Waals surface area contributed by atoms with Gasteiger partial charge >= 0.3 is 0 Å². The van der Waals surface area contributed by atoms with Crippen LogP contribution < -0.4 is 14.4 Å². The van der Waals surface area contributed by atoms with E-state index >= 15 is 0 Å². The number of ether oxygens (including phenoxy) is 1. The number of sulfonamides is 1. The molecule has 3 rings (SSSR count). The molecule has 0 unspecified atom stereocenters. The van der Waals surface area contributed by atoms with Crippen molar-refractivity contribution in [3.05, 3.63) is 76.5 Å². The van der Waals surface area contributed by atoms with Gasteiger partial charge in [0.25, 0.3) is 15.9 Å². The summed E-state index contributed by atoms with van der Waals surface area (Å²) >= 11 is 1.20. The minimum Gasteiger partial charge on any atom is -0.494 e. The van der Waals surface area contributed by atoms with Crippen LogP contribution in [0.3, 0.4) is 0 Å². The summed E-state index contributed by atoms with van der Waals surface area (Å²) in [7, 11) is -2.30. The molecule has 0 atom stereocenters. The Morgan fingerprint density at radius 1 is 1.10 bits per heavy atom. The monoisotopic (exact) mass is 430 g/mol. The molecule has 0 saturated heterocycles. The molecule has 1 N–H and O–H groups in total. The first-order chi connectivity index (χ1) is 13.9. The normalized spacial score (nSPS) is 11.1. The smallest absolute Gasteiger partial charge is 0.264 e. The van der Waals surface area contributed by atoms with Crippen molar-refractivity contribution >= 4 is 33.0 Å². The van der Waals surface area contributed by atoms with Crippen LogP contribution >= 0.6 is 11.3 Å². The number of nitrogens with one attached hydrogen (secondary N) is 1. The first-order valence-corrected chi connectivity index (χ1v) is 11.4. The minimum absolute atomic E-state index is 0.174. The van der Waals surface area contributed by atoms with Crippen molar-refractivity contribution in [3.63, 3.8) is 0 Å². The molecule has 2 aromatic carbocycles. The highest BCUT2D eigenvalue weighted by atomic mass is 32.2. The lowest BCUT2D eigenvalue weighted by atomic mass is 10.2. The van der Waals surface area contributed by atoms with Crippen molar-refractivity contribution in [2.24, 2.45) is 0 Å². The number of amides is 1. The quantitative estimate of drug-likeness (QED) is 0.588. The summed E-state index contributed by atoms with van der Waals surface area (Å²) in [5.74, 6) is 0.414. The second-order valence-electron chi connectivity index (χ2n) is 6.18. The van der Waals surface area contributed by atoms with Gasteiger partial charge in [0.05, 0.1) is 17.2 Å². The van der Waals surface area contributed by atoms with Crippen molar-refractivity contribution in [2.75, 3.05) is 18.0 Å². The molecule has 3 aromatic rings. The third-order valence-corrected chi connectivity index (χ3v) is 6.94. The van der Waals surface area contributed by atoms with Crippen LogP contribution in [-0.4, -0.2) is 28.0 Å². The number of carbonyl (C=O) groups is 1. The summed E-state index contributed by atoms with van der Waals surface area (Å²) in [6.45, 7) is 2.79. The fourth-order valence-corrected chi connectivity index (χ4v) is 4.90.